The second-order valence-electron chi connectivity index (χ2n) is 7.66. The van der Waals surface area contributed by atoms with Gasteiger partial charge in [0, 0.05) is 29.2 Å². The van der Waals surface area contributed by atoms with Crippen LogP contribution in [0.5, 0.6) is 0 Å². The molecule has 150 valence electrons. The van der Waals surface area contributed by atoms with E-state index in [0.29, 0.717) is 19.0 Å². The molecule has 1 saturated heterocycles. The van der Waals surface area contributed by atoms with Gasteiger partial charge in [-0.1, -0.05) is 60.7 Å². The summed E-state index contributed by atoms with van der Waals surface area (Å²) in [5.74, 6) is 0.146. The molecule has 4 heteroatoms. The van der Waals surface area contributed by atoms with Crippen LogP contribution in [0.4, 0.5) is 0 Å². The molecule has 2 N–H and O–H groups in total. The van der Waals surface area contributed by atoms with Gasteiger partial charge in [-0.3, -0.25) is 4.79 Å². The van der Waals surface area contributed by atoms with Crippen LogP contribution in [0.25, 0.3) is 10.8 Å². The lowest BCUT2D eigenvalue weighted by Crippen LogP contribution is -2.37. The zero-order valence-corrected chi connectivity index (χ0v) is 17.5. The Morgan fingerprint density at radius 2 is 1.83 bits per heavy atom. The summed E-state index contributed by atoms with van der Waals surface area (Å²) < 4.78 is 0. The van der Waals surface area contributed by atoms with Gasteiger partial charge in [0.05, 0.1) is 0 Å². The van der Waals surface area contributed by atoms with Crippen molar-refractivity contribution in [3.05, 3.63) is 78.4 Å². The number of carbonyl (C=O) groups is 1. The molecule has 0 saturated carbocycles. The fraction of sp³-hybridized carbons (Fsp3) is 0.320. The highest BCUT2D eigenvalue weighted by molar-refractivity contribution is 8.00. The average molecular weight is 405 g/mol. The van der Waals surface area contributed by atoms with Crippen LogP contribution in [-0.4, -0.2) is 30.3 Å². The van der Waals surface area contributed by atoms with Gasteiger partial charge in [-0.25, -0.2) is 0 Å². The smallest absolute Gasteiger partial charge is 0.221 e. The highest BCUT2D eigenvalue weighted by Gasteiger charge is 2.27. The molecule has 3 aromatic carbocycles. The van der Waals surface area contributed by atoms with E-state index in [1.165, 1.54) is 27.7 Å². The molecule has 2 unspecified atom stereocenters. The number of nitrogens with one attached hydrogen (secondary N) is 2. The number of hydrogen-bond donors (Lipinski definition) is 2. The number of thioether (sulfide) groups is 1. The van der Waals surface area contributed by atoms with Gasteiger partial charge in [0.2, 0.25) is 5.91 Å². The van der Waals surface area contributed by atoms with Gasteiger partial charge in [0.15, 0.2) is 0 Å². The minimum Gasteiger partial charge on any atom is -0.356 e. The minimum atomic E-state index is 0.146. The lowest BCUT2D eigenvalue weighted by atomic mass is 10.1. The number of carbonyl (C=O) groups excluding carboxylic acids is 1. The van der Waals surface area contributed by atoms with E-state index in [2.05, 4.69) is 65.2 Å². The highest BCUT2D eigenvalue weighted by Crippen LogP contribution is 2.32. The molecule has 1 aliphatic rings. The van der Waals surface area contributed by atoms with Crippen LogP contribution in [0.15, 0.2) is 77.7 Å². The normalized spacial score (nSPS) is 17.3. The Kier molecular flexibility index (Phi) is 6.86. The Morgan fingerprint density at radius 1 is 1.03 bits per heavy atom. The van der Waals surface area contributed by atoms with Crippen LogP contribution in [0.3, 0.4) is 0 Å². The number of rotatable bonds is 8. The fourth-order valence-corrected chi connectivity index (χ4v) is 5.28. The fourth-order valence-electron chi connectivity index (χ4n) is 3.96. The summed E-state index contributed by atoms with van der Waals surface area (Å²) in [6.45, 7) is 1.74. The van der Waals surface area contributed by atoms with Gasteiger partial charge < -0.3 is 10.6 Å². The molecular formula is C25H28N2OS. The Balaban J connectivity index is 1.37. The van der Waals surface area contributed by atoms with Gasteiger partial charge in [0.25, 0.3) is 0 Å². The predicted molar refractivity (Wildman–Crippen MR) is 122 cm³/mol. The van der Waals surface area contributed by atoms with E-state index in [-0.39, 0.29) is 11.2 Å². The first kappa shape index (κ1) is 20.0. The summed E-state index contributed by atoms with van der Waals surface area (Å²) in [6, 6.07) is 25.7. The van der Waals surface area contributed by atoms with Gasteiger partial charge in [-0.05, 0) is 54.3 Å². The molecule has 1 aliphatic heterocycles. The second-order valence-corrected chi connectivity index (χ2v) is 8.97. The first-order valence-corrected chi connectivity index (χ1v) is 11.4. The third kappa shape index (κ3) is 5.62. The zero-order valence-electron chi connectivity index (χ0n) is 16.6. The molecule has 0 bridgehead atoms. The number of fused-ring (bicyclic) bond motifs is 1. The van der Waals surface area contributed by atoms with Crippen molar-refractivity contribution >= 4 is 28.4 Å². The van der Waals surface area contributed by atoms with Gasteiger partial charge in [-0.2, -0.15) is 0 Å². The number of hydrogen-bond acceptors (Lipinski definition) is 3. The minimum absolute atomic E-state index is 0.146. The van der Waals surface area contributed by atoms with Crippen LogP contribution in [0.1, 0.15) is 24.8 Å². The third-order valence-electron chi connectivity index (χ3n) is 5.52. The maximum Gasteiger partial charge on any atom is 0.221 e. The standard InChI is InChI=1S/C25H28N2OS/c28-25(27-16-14-19-7-2-1-3-8-19)18-24(23-11-6-15-26-23)29-22-13-12-20-9-4-5-10-21(20)17-22/h1-5,7-10,12-13,17,23-24,26H,6,11,14-16,18H2,(H,27,28). The van der Waals surface area contributed by atoms with Crippen LogP contribution in [0, 0.1) is 0 Å². The SMILES string of the molecule is O=C(CC(Sc1ccc2ccccc2c1)C1CCCN1)NCCc1ccccc1. The maximum atomic E-state index is 12.7. The highest BCUT2D eigenvalue weighted by atomic mass is 32.2. The average Bonchev–Trinajstić information content (AvgIpc) is 3.29. The summed E-state index contributed by atoms with van der Waals surface area (Å²) in [4.78, 5) is 13.9. The molecule has 4 rings (SSSR count). The summed E-state index contributed by atoms with van der Waals surface area (Å²) >= 11 is 1.84. The van der Waals surface area contributed by atoms with Crippen molar-refractivity contribution in [2.75, 3.05) is 13.1 Å². The van der Waals surface area contributed by atoms with Gasteiger partial charge in [-0.15, -0.1) is 11.8 Å². The molecule has 0 radical (unpaired) electrons. The molecular weight excluding hydrogens is 376 g/mol. The first-order valence-electron chi connectivity index (χ1n) is 10.5. The Bertz CT molecular complexity index is 938. The molecule has 3 nitrogen and oxygen atoms in total. The van der Waals surface area contributed by atoms with Crippen molar-refractivity contribution in [1.29, 1.82) is 0 Å². The zero-order chi connectivity index (χ0) is 19.9. The molecule has 0 spiro atoms. The van der Waals surface area contributed by atoms with Crippen molar-refractivity contribution in [1.82, 2.24) is 10.6 Å². The molecule has 1 heterocycles. The van der Waals surface area contributed by atoms with Gasteiger partial charge >= 0.3 is 0 Å². The lowest BCUT2D eigenvalue weighted by Gasteiger charge is -2.23. The number of amides is 1. The Labute approximate surface area is 177 Å². The van der Waals surface area contributed by atoms with Crippen molar-refractivity contribution < 1.29 is 4.79 Å². The van der Waals surface area contributed by atoms with Crippen molar-refractivity contribution in [2.24, 2.45) is 0 Å². The van der Waals surface area contributed by atoms with Crippen molar-refractivity contribution in [2.45, 2.75) is 41.9 Å². The van der Waals surface area contributed by atoms with E-state index in [0.717, 1.165) is 19.4 Å². The van der Waals surface area contributed by atoms with Crippen LogP contribution in [-0.2, 0) is 11.2 Å². The largest absolute Gasteiger partial charge is 0.356 e. The molecule has 3 aromatic rings. The molecule has 0 aromatic heterocycles. The molecule has 2 atom stereocenters. The third-order valence-corrected chi connectivity index (χ3v) is 6.84. The Hall–Kier alpha value is -2.30. The van der Waals surface area contributed by atoms with E-state index >= 15 is 0 Å². The van der Waals surface area contributed by atoms with Crippen molar-refractivity contribution in [3.8, 4) is 0 Å². The summed E-state index contributed by atoms with van der Waals surface area (Å²) in [5, 5.41) is 9.48. The van der Waals surface area contributed by atoms with Crippen molar-refractivity contribution in [3.63, 3.8) is 0 Å². The van der Waals surface area contributed by atoms with E-state index in [4.69, 9.17) is 0 Å². The van der Waals surface area contributed by atoms with E-state index in [9.17, 15) is 4.79 Å². The van der Waals surface area contributed by atoms with E-state index in [1.807, 2.05) is 30.0 Å². The quantitative estimate of drug-likeness (QED) is 0.530. The monoisotopic (exact) mass is 404 g/mol. The van der Waals surface area contributed by atoms with E-state index < -0.39 is 0 Å². The topological polar surface area (TPSA) is 41.1 Å². The summed E-state index contributed by atoms with van der Waals surface area (Å²) in [6.07, 6.45) is 3.75. The maximum absolute atomic E-state index is 12.7. The summed E-state index contributed by atoms with van der Waals surface area (Å²) in [7, 11) is 0. The van der Waals surface area contributed by atoms with Gasteiger partial charge in [0.1, 0.15) is 0 Å². The second kappa shape index (κ2) is 9.95. The molecule has 1 fully saturated rings. The Morgan fingerprint density at radius 3 is 2.62 bits per heavy atom. The molecule has 0 aliphatic carbocycles. The first-order chi connectivity index (χ1) is 14.3. The van der Waals surface area contributed by atoms with E-state index in [1.54, 1.807) is 0 Å². The van der Waals surface area contributed by atoms with Crippen LogP contribution >= 0.6 is 11.8 Å². The molecule has 29 heavy (non-hydrogen) atoms. The molecule has 1 amide bonds. The number of benzene rings is 3. The van der Waals surface area contributed by atoms with Crippen LogP contribution < -0.4 is 10.6 Å². The predicted octanol–water partition coefficient (Wildman–Crippen LogP) is 4.80. The van der Waals surface area contributed by atoms with Crippen LogP contribution in [0.2, 0.25) is 0 Å². The summed E-state index contributed by atoms with van der Waals surface area (Å²) in [5.41, 5.74) is 1.26. The lowest BCUT2D eigenvalue weighted by molar-refractivity contribution is -0.121.